The fraction of sp³-hybridized carbons (Fsp3) is 0.778. The van der Waals surface area contributed by atoms with Crippen LogP contribution in [0.25, 0.3) is 0 Å². The van der Waals surface area contributed by atoms with Crippen molar-refractivity contribution in [3.63, 3.8) is 0 Å². The Morgan fingerprint density at radius 1 is 1.50 bits per heavy atom. The Hall–Kier alpha value is 0.170. The van der Waals surface area contributed by atoms with Crippen molar-refractivity contribution >= 4 is 9.24 Å². The van der Waals surface area contributed by atoms with Gasteiger partial charge in [0.15, 0.2) is 0 Å². The number of hydrogen-bond donors (Lipinski definition) is 0. The first-order valence-corrected chi connectivity index (χ1v) is 4.84. The van der Waals surface area contributed by atoms with Crippen LogP contribution in [0.3, 0.4) is 0 Å². The molecule has 0 aromatic heterocycles. The molecule has 0 fully saturated rings. The molecular formula is C9H19P. The molecule has 0 aromatic carbocycles. The average Bonchev–Trinajstić information content (AvgIpc) is 1.89. The summed E-state index contributed by atoms with van der Waals surface area (Å²) in [4.78, 5) is 0. The Morgan fingerprint density at radius 2 is 2.20 bits per heavy atom. The van der Waals surface area contributed by atoms with E-state index in [0.717, 1.165) is 12.1 Å². The predicted octanol–water partition coefficient (Wildman–Crippen LogP) is 3.39. The lowest BCUT2D eigenvalue weighted by molar-refractivity contribution is 0.647. The molecule has 0 saturated carbocycles. The summed E-state index contributed by atoms with van der Waals surface area (Å²) in [6.45, 7) is 5.96. The second kappa shape index (κ2) is 7.28. The molecule has 1 heteroatoms. The molecule has 2 atom stereocenters. The van der Waals surface area contributed by atoms with Gasteiger partial charge in [0.2, 0.25) is 0 Å². The van der Waals surface area contributed by atoms with Gasteiger partial charge >= 0.3 is 0 Å². The molecule has 0 spiro atoms. The van der Waals surface area contributed by atoms with E-state index in [1.54, 1.807) is 0 Å². The second-order valence-electron chi connectivity index (χ2n) is 2.78. The van der Waals surface area contributed by atoms with Crippen LogP contribution in [0, 0.1) is 0 Å². The summed E-state index contributed by atoms with van der Waals surface area (Å²) < 4.78 is 0. The Labute approximate surface area is 67.3 Å². The highest BCUT2D eigenvalue weighted by Gasteiger charge is 1.97. The highest BCUT2D eigenvalue weighted by molar-refractivity contribution is 7.17. The van der Waals surface area contributed by atoms with Gasteiger partial charge in [-0.05, 0) is 18.5 Å². The third-order valence-corrected chi connectivity index (χ3v) is 2.25. The van der Waals surface area contributed by atoms with Crippen molar-refractivity contribution in [3.8, 4) is 0 Å². The van der Waals surface area contributed by atoms with Crippen LogP contribution in [-0.2, 0) is 0 Å². The topological polar surface area (TPSA) is 0 Å². The van der Waals surface area contributed by atoms with Crippen molar-refractivity contribution < 1.29 is 0 Å². The van der Waals surface area contributed by atoms with Crippen LogP contribution in [0.2, 0.25) is 0 Å². The fourth-order valence-corrected chi connectivity index (χ4v) is 1.42. The van der Waals surface area contributed by atoms with Crippen LogP contribution in [0.4, 0.5) is 0 Å². The molecule has 0 aliphatic rings. The molecule has 0 rings (SSSR count). The van der Waals surface area contributed by atoms with Crippen LogP contribution in [0.1, 0.15) is 39.0 Å². The molecule has 0 heterocycles. The van der Waals surface area contributed by atoms with Gasteiger partial charge in [0, 0.05) is 0 Å². The summed E-state index contributed by atoms with van der Waals surface area (Å²) >= 11 is 0. The zero-order chi connectivity index (χ0) is 7.82. The lowest BCUT2D eigenvalue weighted by atomic mass is 10.1. The molecule has 60 valence electrons. The molecule has 0 nitrogen and oxygen atoms in total. The lowest BCUT2D eigenvalue weighted by Crippen LogP contribution is -1.94. The molecule has 0 bridgehead atoms. The quantitative estimate of drug-likeness (QED) is 0.316. The Balaban J connectivity index is 3.04. The molecule has 0 radical (unpaired) electrons. The van der Waals surface area contributed by atoms with Crippen molar-refractivity contribution in [2.45, 2.75) is 44.7 Å². The van der Waals surface area contributed by atoms with E-state index in [9.17, 15) is 0 Å². The third kappa shape index (κ3) is 6.29. The molecule has 10 heavy (non-hydrogen) atoms. The van der Waals surface area contributed by atoms with E-state index < -0.39 is 0 Å². The lowest BCUT2D eigenvalue weighted by Gasteiger charge is -2.06. The van der Waals surface area contributed by atoms with Crippen molar-refractivity contribution in [1.82, 2.24) is 0 Å². The zero-order valence-electron chi connectivity index (χ0n) is 6.97. The van der Waals surface area contributed by atoms with Gasteiger partial charge in [-0.2, -0.15) is 0 Å². The van der Waals surface area contributed by atoms with Gasteiger partial charge in [0.05, 0.1) is 0 Å². The summed E-state index contributed by atoms with van der Waals surface area (Å²) in [6.07, 6.45) is 8.56. The van der Waals surface area contributed by atoms with Gasteiger partial charge < -0.3 is 0 Å². The molecule has 2 unspecified atom stereocenters. The van der Waals surface area contributed by atoms with Crippen molar-refractivity contribution in [2.24, 2.45) is 0 Å². The Bertz CT molecular complexity index is 78.8. The second-order valence-corrected chi connectivity index (χ2v) is 3.72. The van der Waals surface area contributed by atoms with E-state index in [-0.39, 0.29) is 0 Å². The summed E-state index contributed by atoms with van der Waals surface area (Å²) in [5.74, 6) is 0. The van der Waals surface area contributed by atoms with Gasteiger partial charge in [0.25, 0.3) is 0 Å². The molecule has 0 aromatic rings. The van der Waals surface area contributed by atoms with E-state index in [4.69, 9.17) is 0 Å². The summed E-state index contributed by atoms with van der Waals surface area (Å²) in [7, 11) is 2.88. The number of unbranched alkanes of at least 4 members (excludes halogenated alkanes) is 2. The number of allylic oxidation sites excluding steroid dienone is 1. The van der Waals surface area contributed by atoms with Gasteiger partial charge in [-0.25, -0.2) is 0 Å². The molecular weight excluding hydrogens is 139 g/mol. The number of hydrogen-bond acceptors (Lipinski definition) is 0. The molecule has 0 amide bonds. The van der Waals surface area contributed by atoms with Crippen LogP contribution in [0.15, 0.2) is 12.7 Å². The van der Waals surface area contributed by atoms with E-state index in [2.05, 4.69) is 22.7 Å². The highest BCUT2D eigenvalue weighted by Crippen LogP contribution is 2.14. The van der Waals surface area contributed by atoms with Gasteiger partial charge in [-0.3, -0.25) is 0 Å². The predicted molar refractivity (Wildman–Crippen MR) is 52.5 cm³/mol. The monoisotopic (exact) mass is 158 g/mol. The summed E-state index contributed by atoms with van der Waals surface area (Å²) in [5.41, 5.74) is 0.768. The first-order chi connectivity index (χ1) is 4.81. The molecule has 0 aliphatic heterocycles. The minimum absolute atomic E-state index is 0.768. The van der Waals surface area contributed by atoms with Crippen LogP contribution < -0.4 is 0 Å². The maximum Gasteiger partial charge on any atom is -0.0230 e. The van der Waals surface area contributed by atoms with Crippen molar-refractivity contribution in [1.29, 1.82) is 0 Å². The Kier molecular flexibility index (Phi) is 7.40. The Morgan fingerprint density at radius 3 is 2.70 bits per heavy atom. The first kappa shape index (κ1) is 10.2. The maximum absolute atomic E-state index is 3.72. The van der Waals surface area contributed by atoms with Gasteiger partial charge in [-0.1, -0.05) is 32.3 Å². The minimum Gasteiger partial charge on any atom is -0.134 e. The van der Waals surface area contributed by atoms with Crippen LogP contribution in [0.5, 0.6) is 0 Å². The fourth-order valence-electron chi connectivity index (χ4n) is 0.988. The molecule has 0 saturated heterocycles. The van der Waals surface area contributed by atoms with Gasteiger partial charge in [-0.15, -0.1) is 15.8 Å². The van der Waals surface area contributed by atoms with Crippen molar-refractivity contribution in [3.05, 3.63) is 12.7 Å². The van der Waals surface area contributed by atoms with E-state index in [1.807, 2.05) is 6.08 Å². The zero-order valence-corrected chi connectivity index (χ0v) is 8.13. The largest absolute Gasteiger partial charge is 0.134 e. The van der Waals surface area contributed by atoms with Crippen LogP contribution >= 0.6 is 9.24 Å². The highest BCUT2D eigenvalue weighted by atomic mass is 31.0. The normalized spacial score (nSPS) is 13.0. The SMILES string of the molecule is C=CCC(P)CCCCC. The number of rotatable bonds is 6. The summed E-state index contributed by atoms with van der Waals surface area (Å²) in [6, 6.07) is 0. The van der Waals surface area contributed by atoms with Crippen LogP contribution in [-0.4, -0.2) is 5.66 Å². The first-order valence-electron chi connectivity index (χ1n) is 4.17. The maximum atomic E-state index is 3.72. The van der Waals surface area contributed by atoms with Gasteiger partial charge in [0.1, 0.15) is 0 Å². The smallest absolute Gasteiger partial charge is 0.0230 e. The van der Waals surface area contributed by atoms with E-state index in [1.165, 1.54) is 25.7 Å². The molecule has 0 aliphatic carbocycles. The minimum atomic E-state index is 0.768. The summed E-state index contributed by atoms with van der Waals surface area (Å²) in [5, 5.41) is 0. The standard InChI is InChI=1S/C9H19P/c1-3-5-6-8-9(10)7-4-2/h4,9H,2-3,5-8,10H2,1H3. The molecule has 0 N–H and O–H groups in total. The van der Waals surface area contributed by atoms with E-state index in [0.29, 0.717) is 0 Å². The average molecular weight is 158 g/mol. The third-order valence-electron chi connectivity index (χ3n) is 1.65. The van der Waals surface area contributed by atoms with Crippen molar-refractivity contribution in [2.75, 3.05) is 0 Å². The van der Waals surface area contributed by atoms with E-state index >= 15 is 0 Å².